The molecule has 1 N–H and O–H groups in total. The van der Waals surface area contributed by atoms with Gasteiger partial charge in [0.05, 0.1) is 11.1 Å². The fraction of sp³-hybridized carbons (Fsp3) is 0.188. The third kappa shape index (κ3) is 1.88. The highest BCUT2D eigenvalue weighted by Gasteiger charge is 2.30. The smallest absolute Gasteiger partial charge is 0.151 e. The van der Waals surface area contributed by atoms with Crippen LogP contribution in [0.3, 0.4) is 0 Å². The first kappa shape index (κ1) is 12.3. The highest BCUT2D eigenvalue weighted by Crippen LogP contribution is 2.42. The van der Waals surface area contributed by atoms with E-state index in [1.54, 1.807) is 12.1 Å². The maximum Gasteiger partial charge on any atom is 0.151 e. The molecule has 4 rings (SSSR count). The maximum absolute atomic E-state index is 14.1. The van der Waals surface area contributed by atoms with Crippen molar-refractivity contribution in [3.8, 4) is 17.1 Å². The summed E-state index contributed by atoms with van der Waals surface area (Å²) >= 11 is 0. The highest BCUT2D eigenvalue weighted by molar-refractivity contribution is 5.81. The number of phenols is 1. The van der Waals surface area contributed by atoms with Gasteiger partial charge < -0.3 is 9.67 Å². The van der Waals surface area contributed by atoms with Gasteiger partial charge in [0.2, 0.25) is 0 Å². The van der Waals surface area contributed by atoms with Gasteiger partial charge >= 0.3 is 0 Å². The first-order chi connectivity index (χ1) is 10.1. The molecule has 1 aliphatic carbocycles. The van der Waals surface area contributed by atoms with E-state index in [0.29, 0.717) is 11.3 Å². The van der Waals surface area contributed by atoms with Crippen LogP contribution in [-0.4, -0.2) is 14.7 Å². The number of nitrogens with zero attached hydrogens (tertiary/aromatic N) is 2. The molecule has 1 aliphatic rings. The van der Waals surface area contributed by atoms with Gasteiger partial charge in [0.25, 0.3) is 0 Å². The molecule has 106 valence electrons. The lowest BCUT2D eigenvalue weighted by molar-refractivity contribution is 0.469. The predicted octanol–water partition coefficient (Wildman–Crippen LogP) is 4.02. The zero-order valence-electron chi connectivity index (χ0n) is 11.1. The third-order valence-electron chi connectivity index (χ3n) is 3.78. The van der Waals surface area contributed by atoms with Crippen LogP contribution in [0.4, 0.5) is 8.78 Å². The molecule has 1 heterocycles. The van der Waals surface area contributed by atoms with Gasteiger partial charge in [-0.3, -0.25) is 0 Å². The lowest BCUT2D eigenvalue weighted by Crippen LogP contribution is -1.98. The van der Waals surface area contributed by atoms with Crippen LogP contribution >= 0.6 is 0 Å². The standard InChI is InChI=1S/C16H12F2N2O/c17-12-2-1-3-14-15(12)19-16(20(14)9-4-5-9)11-7-6-10(21)8-13(11)18/h1-3,6-9,21H,4-5H2. The number of imidazole rings is 1. The Balaban J connectivity index is 2.03. The van der Waals surface area contributed by atoms with Gasteiger partial charge in [0.15, 0.2) is 5.82 Å². The van der Waals surface area contributed by atoms with E-state index in [9.17, 15) is 13.9 Å². The van der Waals surface area contributed by atoms with Crippen LogP contribution in [0, 0.1) is 11.6 Å². The van der Waals surface area contributed by atoms with Crippen LogP contribution < -0.4 is 0 Å². The summed E-state index contributed by atoms with van der Waals surface area (Å²) in [4.78, 5) is 4.30. The number of aromatic nitrogens is 2. The van der Waals surface area contributed by atoms with Crippen molar-refractivity contribution in [3.05, 3.63) is 48.0 Å². The lowest BCUT2D eigenvalue weighted by atomic mass is 10.2. The van der Waals surface area contributed by atoms with E-state index in [2.05, 4.69) is 4.98 Å². The van der Waals surface area contributed by atoms with E-state index in [4.69, 9.17) is 0 Å². The summed E-state index contributed by atoms with van der Waals surface area (Å²) in [6, 6.07) is 8.95. The minimum Gasteiger partial charge on any atom is -0.508 e. The summed E-state index contributed by atoms with van der Waals surface area (Å²) in [5.41, 5.74) is 1.21. The number of benzene rings is 2. The number of fused-ring (bicyclic) bond motifs is 1. The second kappa shape index (κ2) is 4.28. The largest absolute Gasteiger partial charge is 0.508 e. The average molecular weight is 286 g/mol. The van der Waals surface area contributed by atoms with Crippen LogP contribution in [0.2, 0.25) is 0 Å². The van der Waals surface area contributed by atoms with Gasteiger partial charge in [-0.1, -0.05) is 6.07 Å². The fourth-order valence-electron chi connectivity index (χ4n) is 2.66. The Morgan fingerprint density at radius 1 is 1.10 bits per heavy atom. The Morgan fingerprint density at radius 2 is 1.90 bits per heavy atom. The minimum absolute atomic E-state index is 0.142. The summed E-state index contributed by atoms with van der Waals surface area (Å²) in [5, 5.41) is 9.33. The van der Waals surface area contributed by atoms with Gasteiger partial charge in [0, 0.05) is 12.1 Å². The highest BCUT2D eigenvalue weighted by atomic mass is 19.1. The van der Waals surface area contributed by atoms with E-state index >= 15 is 0 Å². The predicted molar refractivity (Wildman–Crippen MR) is 75.0 cm³/mol. The molecule has 0 atom stereocenters. The van der Waals surface area contributed by atoms with Crippen molar-refractivity contribution in [2.75, 3.05) is 0 Å². The molecule has 0 amide bonds. The van der Waals surface area contributed by atoms with Gasteiger partial charge in [0.1, 0.15) is 22.9 Å². The topological polar surface area (TPSA) is 38.1 Å². The molecule has 0 radical (unpaired) electrons. The van der Waals surface area contributed by atoms with Gasteiger partial charge in [-0.05, 0) is 37.1 Å². The summed E-state index contributed by atoms with van der Waals surface area (Å²) < 4.78 is 30.0. The van der Waals surface area contributed by atoms with E-state index in [0.717, 1.165) is 18.9 Å². The van der Waals surface area contributed by atoms with Crippen LogP contribution in [-0.2, 0) is 0 Å². The van der Waals surface area contributed by atoms with Crippen molar-refractivity contribution in [3.63, 3.8) is 0 Å². The summed E-state index contributed by atoms with van der Waals surface area (Å²) in [6.45, 7) is 0. The van der Waals surface area contributed by atoms with Crippen molar-refractivity contribution in [2.45, 2.75) is 18.9 Å². The second-order valence-electron chi connectivity index (χ2n) is 5.31. The molecule has 5 heteroatoms. The van der Waals surface area contributed by atoms with Crippen LogP contribution in [0.5, 0.6) is 5.75 Å². The number of aromatic hydroxyl groups is 1. The summed E-state index contributed by atoms with van der Waals surface area (Å²) in [6.07, 6.45) is 1.96. The van der Waals surface area contributed by atoms with Crippen molar-refractivity contribution in [1.29, 1.82) is 0 Å². The molecule has 2 aromatic carbocycles. The minimum atomic E-state index is -0.562. The molecule has 1 fully saturated rings. The van der Waals surface area contributed by atoms with Gasteiger partial charge in [-0.15, -0.1) is 0 Å². The summed E-state index contributed by atoms with van der Waals surface area (Å²) in [5.74, 6) is -0.702. The Hall–Kier alpha value is -2.43. The number of para-hydroxylation sites is 1. The van der Waals surface area contributed by atoms with Gasteiger partial charge in [-0.25, -0.2) is 13.8 Å². The Kier molecular flexibility index (Phi) is 2.51. The Morgan fingerprint density at radius 3 is 2.62 bits per heavy atom. The number of rotatable bonds is 2. The Labute approximate surface area is 119 Å². The SMILES string of the molecule is Oc1ccc(-c2nc3c(F)cccc3n2C2CC2)c(F)c1. The van der Waals surface area contributed by atoms with Crippen LogP contribution in [0.1, 0.15) is 18.9 Å². The summed E-state index contributed by atoms with van der Waals surface area (Å²) in [7, 11) is 0. The maximum atomic E-state index is 14.1. The zero-order chi connectivity index (χ0) is 14.6. The van der Waals surface area contributed by atoms with Crippen LogP contribution in [0.25, 0.3) is 22.4 Å². The number of halogens is 2. The first-order valence-electron chi connectivity index (χ1n) is 6.80. The van der Waals surface area contributed by atoms with E-state index in [1.165, 1.54) is 18.2 Å². The first-order valence-corrected chi connectivity index (χ1v) is 6.80. The van der Waals surface area contributed by atoms with E-state index < -0.39 is 11.6 Å². The lowest BCUT2D eigenvalue weighted by Gasteiger charge is -2.08. The Bertz CT molecular complexity index is 853. The van der Waals surface area contributed by atoms with Crippen LogP contribution in [0.15, 0.2) is 36.4 Å². The molecular formula is C16H12F2N2O. The van der Waals surface area contributed by atoms with E-state index in [1.807, 2.05) is 4.57 Å². The normalized spacial score (nSPS) is 14.8. The average Bonchev–Trinajstić information content (AvgIpc) is 3.20. The molecule has 0 saturated heterocycles. The number of hydrogen-bond acceptors (Lipinski definition) is 2. The third-order valence-corrected chi connectivity index (χ3v) is 3.78. The van der Waals surface area contributed by atoms with Crippen molar-refractivity contribution in [2.24, 2.45) is 0 Å². The zero-order valence-corrected chi connectivity index (χ0v) is 11.1. The molecule has 1 aromatic heterocycles. The van der Waals surface area contributed by atoms with Crippen molar-refractivity contribution < 1.29 is 13.9 Å². The quantitative estimate of drug-likeness (QED) is 0.772. The number of phenolic OH excluding ortho intramolecular Hbond substituents is 1. The molecule has 1 saturated carbocycles. The second-order valence-corrected chi connectivity index (χ2v) is 5.31. The molecule has 3 aromatic rings. The van der Waals surface area contributed by atoms with Gasteiger partial charge in [-0.2, -0.15) is 0 Å². The van der Waals surface area contributed by atoms with E-state index in [-0.39, 0.29) is 22.9 Å². The van der Waals surface area contributed by atoms with Crippen molar-refractivity contribution in [1.82, 2.24) is 9.55 Å². The fourth-order valence-corrected chi connectivity index (χ4v) is 2.66. The molecule has 3 nitrogen and oxygen atoms in total. The molecule has 0 aliphatic heterocycles. The molecule has 0 unspecified atom stereocenters. The van der Waals surface area contributed by atoms with Crippen molar-refractivity contribution >= 4 is 11.0 Å². The molecular weight excluding hydrogens is 274 g/mol. The number of hydrogen-bond donors (Lipinski definition) is 1. The monoisotopic (exact) mass is 286 g/mol. The molecule has 21 heavy (non-hydrogen) atoms. The molecule has 0 bridgehead atoms. The molecule has 0 spiro atoms.